The summed E-state index contributed by atoms with van der Waals surface area (Å²) in [5.41, 5.74) is 6.08. The Hall–Kier alpha value is -0.630. The first-order chi connectivity index (χ1) is 8.95. The summed E-state index contributed by atoms with van der Waals surface area (Å²) >= 11 is 3.26. The molecule has 3 N–H and O–H groups in total. The number of anilines is 1. The van der Waals surface area contributed by atoms with Gasteiger partial charge in [-0.25, -0.2) is 8.42 Å². The van der Waals surface area contributed by atoms with Gasteiger partial charge in [-0.3, -0.25) is 0 Å². The Bertz CT molecular complexity index is 562. The molecule has 0 saturated carbocycles. The van der Waals surface area contributed by atoms with Crippen LogP contribution in [-0.4, -0.2) is 37.5 Å². The molecule has 1 heterocycles. The first-order valence-electron chi connectivity index (χ1n) is 6.11. The highest BCUT2D eigenvalue weighted by Crippen LogP contribution is 2.31. The number of sulfonamides is 1. The van der Waals surface area contributed by atoms with E-state index in [0.717, 1.165) is 6.42 Å². The van der Waals surface area contributed by atoms with Gasteiger partial charge in [0.05, 0.1) is 4.90 Å². The molecule has 1 unspecified atom stereocenters. The molecule has 0 bridgehead atoms. The number of hydrogen-bond acceptors (Lipinski definition) is 4. The van der Waals surface area contributed by atoms with Gasteiger partial charge in [-0.2, -0.15) is 4.31 Å². The van der Waals surface area contributed by atoms with Gasteiger partial charge < -0.3 is 10.8 Å². The van der Waals surface area contributed by atoms with Gasteiger partial charge in [-0.15, -0.1) is 0 Å². The summed E-state index contributed by atoms with van der Waals surface area (Å²) in [5, 5.41) is 8.92. The quantitative estimate of drug-likeness (QED) is 0.806. The average molecular weight is 349 g/mol. The molecule has 1 fully saturated rings. The normalized spacial score (nSPS) is 20.8. The lowest BCUT2D eigenvalue weighted by molar-refractivity contribution is 0.259. The number of benzene rings is 1. The molecule has 0 spiro atoms. The Morgan fingerprint density at radius 1 is 1.47 bits per heavy atom. The van der Waals surface area contributed by atoms with Gasteiger partial charge in [0.25, 0.3) is 0 Å². The molecule has 2 rings (SSSR count). The third kappa shape index (κ3) is 3.10. The first kappa shape index (κ1) is 14.8. The fraction of sp³-hybridized carbons (Fsp3) is 0.500. The Kier molecular flexibility index (Phi) is 4.50. The minimum absolute atomic E-state index is 0.0978. The van der Waals surface area contributed by atoms with Crippen molar-refractivity contribution in [3.05, 3.63) is 22.7 Å². The molecule has 0 amide bonds. The monoisotopic (exact) mass is 348 g/mol. The van der Waals surface area contributed by atoms with Crippen LogP contribution in [-0.2, 0) is 10.0 Å². The second-order valence-electron chi connectivity index (χ2n) is 4.72. The van der Waals surface area contributed by atoms with Crippen molar-refractivity contribution in [1.29, 1.82) is 0 Å². The van der Waals surface area contributed by atoms with Crippen molar-refractivity contribution in [1.82, 2.24) is 4.31 Å². The summed E-state index contributed by atoms with van der Waals surface area (Å²) in [4.78, 5) is 0.206. The second kappa shape index (κ2) is 5.78. The number of rotatable bonds is 4. The van der Waals surface area contributed by atoms with Gasteiger partial charge in [0.2, 0.25) is 10.0 Å². The summed E-state index contributed by atoms with van der Waals surface area (Å²) in [5.74, 6) is 0.236. The molecule has 1 aromatic rings. The fourth-order valence-electron chi connectivity index (χ4n) is 2.29. The third-order valence-corrected chi connectivity index (χ3v) is 6.22. The van der Waals surface area contributed by atoms with Crippen LogP contribution in [0.2, 0.25) is 0 Å². The van der Waals surface area contributed by atoms with Gasteiger partial charge in [0, 0.05) is 29.9 Å². The van der Waals surface area contributed by atoms with Crippen LogP contribution in [0.15, 0.2) is 27.6 Å². The lowest BCUT2D eigenvalue weighted by Crippen LogP contribution is -2.29. The molecule has 1 atom stereocenters. The van der Waals surface area contributed by atoms with Crippen molar-refractivity contribution in [2.45, 2.75) is 17.7 Å². The summed E-state index contributed by atoms with van der Waals surface area (Å²) in [6.07, 6.45) is 1.43. The standard InChI is InChI=1S/C12H17BrN2O3S/c13-11-2-1-10(14)7-12(11)19(17,18)15-5-3-9(8-15)4-6-16/h1-2,7,9,16H,3-6,8,14H2. The molecule has 1 saturated heterocycles. The summed E-state index contributed by atoms with van der Waals surface area (Å²) < 4.78 is 27.1. The zero-order valence-corrected chi connectivity index (χ0v) is 12.8. The van der Waals surface area contributed by atoms with Gasteiger partial charge in [-0.1, -0.05) is 0 Å². The van der Waals surface area contributed by atoms with Gasteiger partial charge in [-0.05, 0) is 52.9 Å². The van der Waals surface area contributed by atoms with Crippen LogP contribution in [0.25, 0.3) is 0 Å². The maximum atomic E-state index is 12.5. The van der Waals surface area contributed by atoms with Crippen molar-refractivity contribution in [3.63, 3.8) is 0 Å². The van der Waals surface area contributed by atoms with E-state index in [4.69, 9.17) is 10.8 Å². The SMILES string of the molecule is Nc1ccc(Br)c(S(=O)(=O)N2CCC(CCO)C2)c1. The van der Waals surface area contributed by atoms with Gasteiger partial charge >= 0.3 is 0 Å². The van der Waals surface area contributed by atoms with Crippen molar-refractivity contribution in [3.8, 4) is 0 Å². The van der Waals surface area contributed by atoms with Crippen molar-refractivity contribution < 1.29 is 13.5 Å². The van der Waals surface area contributed by atoms with Crippen LogP contribution in [0, 0.1) is 5.92 Å². The minimum Gasteiger partial charge on any atom is -0.399 e. The fourth-order valence-corrected chi connectivity index (χ4v) is 4.78. The number of hydrogen-bond donors (Lipinski definition) is 2. The van der Waals surface area contributed by atoms with Crippen molar-refractivity contribution in [2.75, 3.05) is 25.4 Å². The van der Waals surface area contributed by atoms with Crippen LogP contribution in [0.3, 0.4) is 0 Å². The van der Waals surface area contributed by atoms with E-state index in [-0.39, 0.29) is 17.4 Å². The number of nitrogen functional groups attached to an aromatic ring is 1. The van der Waals surface area contributed by atoms with E-state index < -0.39 is 10.0 Å². The maximum Gasteiger partial charge on any atom is 0.244 e. The second-order valence-corrected chi connectivity index (χ2v) is 7.48. The number of nitrogens with zero attached hydrogens (tertiary/aromatic N) is 1. The summed E-state index contributed by atoms with van der Waals surface area (Å²) in [7, 11) is -3.52. The van der Waals surface area contributed by atoms with Crippen molar-refractivity contribution in [2.24, 2.45) is 5.92 Å². The lowest BCUT2D eigenvalue weighted by Gasteiger charge is -2.17. The molecular weight excluding hydrogens is 332 g/mol. The lowest BCUT2D eigenvalue weighted by atomic mass is 10.1. The number of halogens is 1. The molecule has 0 aromatic heterocycles. The zero-order chi connectivity index (χ0) is 14.0. The zero-order valence-electron chi connectivity index (χ0n) is 10.4. The van der Waals surface area contributed by atoms with E-state index in [1.165, 1.54) is 10.4 Å². The molecule has 0 radical (unpaired) electrons. The molecule has 7 heteroatoms. The first-order valence-corrected chi connectivity index (χ1v) is 8.34. The molecule has 106 valence electrons. The largest absolute Gasteiger partial charge is 0.399 e. The predicted molar refractivity (Wildman–Crippen MR) is 77.1 cm³/mol. The molecule has 0 aliphatic carbocycles. The predicted octanol–water partition coefficient (Wildman–Crippen LogP) is 1.42. The average Bonchev–Trinajstić information content (AvgIpc) is 2.82. The Balaban J connectivity index is 2.26. The molecule has 1 aliphatic rings. The highest BCUT2D eigenvalue weighted by atomic mass is 79.9. The smallest absolute Gasteiger partial charge is 0.244 e. The third-order valence-electron chi connectivity index (χ3n) is 3.36. The van der Waals surface area contributed by atoms with E-state index in [2.05, 4.69) is 15.9 Å². The highest BCUT2D eigenvalue weighted by Gasteiger charge is 2.33. The Morgan fingerprint density at radius 3 is 2.89 bits per heavy atom. The van der Waals surface area contributed by atoms with Crippen LogP contribution < -0.4 is 5.73 Å². The van der Waals surface area contributed by atoms with E-state index in [0.29, 0.717) is 29.7 Å². The molecule has 5 nitrogen and oxygen atoms in total. The number of aliphatic hydroxyl groups is 1. The van der Waals surface area contributed by atoms with Crippen LogP contribution in [0.5, 0.6) is 0 Å². The van der Waals surface area contributed by atoms with Gasteiger partial charge in [0.1, 0.15) is 0 Å². The molecule has 1 aromatic carbocycles. The number of aliphatic hydroxyl groups excluding tert-OH is 1. The molecule has 19 heavy (non-hydrogen) atoms. The van der Waals surface area contributed by atoms with E-state index >= 15 is 0 Å². The maximum absolute atomic E-state index is 12.5. The Morgan fingerprint density at radius 2 is 2.21 bits per heavy atom. The summed E-state index contributed by atoms with van der Waals surface area (Å²) in [6.45, 7) is 1.05. The topological polar surface area (TPSA) is 83.6 Å². The van der Waals surface area contributed by atoms with E-state index in [1.54, 1.807) is 12.1 Å². The number of nitrogens with two attached hydrogens (primary N) is 1. The minimum atomic E-state index is -3.52. The van der Waals surface area contributed by atoms with E-state index in [1.807, 2.05) is 0 Å². The van der Waals surface area contributed by atoms with Crippen LogP contribution >= 0.6 is 15.9 Å². The molecular formula is C12H17BrN2O3S. The van der Waals surface area contributed by atoms with Crippen LogP contribution in [0.1, 0.15) is 12.8 Å². The summed E-state index contributed by atoms with van der Waals surface area (Å²) in [6, 6.07) is 4.77. The van der Waals surface area contributed by atoms with E-state index in [9.17, 15) is 8.42 Å². The highest BCUT2D eigenvalue weighted by molar-refractivity contribution is 9.10. The van der Waals surface area contributed by atoms with Crippen LogP contribution in [0.4, 0.5) is 5.69 Å². The molecule has 1 aliphatic heterocycles. The Labute approximate surface area is 121 Å². The van der Waals surface area contributed by atoms with Gasteiger partial charge in [0.15, 0.2) is 0 Å². The van der Waals surface area contributed by atoms with Crippen molar-refractivity contribution >= 4 is 31.6 Å².